The molecule has 0 radical (unpaired) electrons. The van der Waals surface area contributed by atoms with Crippen molar-refractivity contribution in [2.75, 3.05) is 6.67 Å². The third-order valence-corrected chi connectivity index (χ3v) is 2.57. The van der Waals surface area contributed by atoms with Gasteiger partial charge in [-0.25, -0.2) is 0 Å². The van der Waals surface area contributed by atoms with Crippen molar-refractivity contribution in [3.8, 4) is 0 Å². The van der Waals surface area contributed by atoms with E-state index in [-0.39, 0.29) is 0 Å². The van der Waals surface area contributed by atoms with E-state index in [1.165, 1.54) is 5.70 Å². The van der Waals surface area contributed by atoms with Crippen LogP contribution in [0.25, 0.3) is 0 Å². The van der Waals surface area contributed by atoms with Crippen molar-refractivity contribution < 1.29 is 0 Å². The molecule has 3 nitrogen and oxygen atoms in total. The number of hydrogen-bond acceptors (Lipinski definition) is 3. The van der Waals surface area contributed by atoms with E-state index in [1.807, 2.05) is 0 Å². The van der Waals surface area contributed by atoms with E-state index in [9.17, 15) is 0 Å². The van der Waals surface area contributed by atoms with Crippen LogP contribution in [-0.2, 0) is 0 Å². The smallest absolute Gasteiger partial charge is 0.0656 e. The molecule has 0 aromatic rings. The number of nitrogens with two attached hydrogens (primary N) is 1. The monoisotopic (exact) mass is 169 g/mol. The molecule has 2 atom stereocenters. The van der Waals surface area contributed by atoms with Gasteiger partial charge in [0.1, 0.15) is 0 Å². The first-order chi connectivity index (χ1) is 5.66. The molecule has 1 rings (SSSR count). The maximum Gasteiger partial charge on any atom is 0.0656 e. The molecule has 0 saturated heterocycles. The second-order valence-electron chi connectivity index (χ2n) is 3.46. The van der Waals surface area contributed by atoms with E-state index in [1.54, 1.807) is 0 Å². The van der Waals surface area contributed by atoms with Crippen molar-refractivity contribution in [2.24, 2.45) is 11.7 Å². The highest BCUT2D eigenvalue weighted by molar-refractivity contribution is 5.19. The number of hydrogen-bond donors (Lipinski definition) is 3. The molecule has 0 amide bonds. The van der Waals surface area contributed by atoms with Crippen molar-refractivity contribution in [1.29, 1.82) is 0 Å². The van der Waals surface area contributed by atoms with Gasteiger partial charge in [-0.05, 0) is 19.3 Å². The minimum absolute atomic E-state index is 0.315. The Morgan fingerprint density at radius 3 is 2.92 bits per heavy atom. The van der Waals surface area contributed by atoms with E-state index in [2.05, 4.69) is 31.4 Å². The van der Waals surface area contributed by atoms with Crippen LogP contribution in [0.2, 0.25) is 0 Å². The molecule has 0 aliphatic carbocycles. The number of allylic oxidation sites excluding steroid dienone is 1. The SMILES string of the molecule is CCC(C)C1=C(N)C(C)NCN1. The fourth-order valence-electron chi connectivity index (χ4n) is 1.41. The lowest BCUT2D eigenvalue weighted by Gasteiger charge is -2.29. The molecule has 0 aromatic carbocycles. The molecule has 1 aliphatic rings. The molecule has 4 N–H and O–H groups in total. The van der Waals surface area contributed by atoms with E-state index in [0.717, 1.165) is 18.8 Å². The van der Waals surface area contributed by atoms with Crippen LogP contribution in [0.4, 0.5) is 0 Å². The van der Waals surface area contributed by atoms with Gasteiger partial charge in [0.05, 0.1) is 6.67 Å². The first kappa shape index (κ1) is 9.39. The normalized spacial score (nSPS) is 26.8. The molecule has 0 aromatic heterocycles. The first-order valence-electron chi connectivity index (χ1n) is 4.63. The van der Waals surface area contributed by atoms with Gasteiger partial charge in [-0.3, -0.25) is 5.32 Å². The Labute approximate surface area is 74.4 Å². The standard InChI is InChI=1S/C9H19N3/c1-4-6(2)9-8(10)7(3)11-5-12-9/h6-7,11-12H,4-5,10H2,1-3H3. The molecule has 3 heteroatoms. The van der Waals surface area contributed by atoms with Crippen LogP contribution in [0.5, 0.6) is 0 Å². The minimum Gasteiger partial charge on any atom is -0.399 e. The third kappa shape index (κ3) is 1.72. The summed E-state index contributed by atoms with van der Waals surface area (Å²) in [6.07, 6.45) is 1.13. The average Bonchev–Trinajstić information content (AvgIpc) is 2.08. The van der Waals surface area contributed by atoms with Crippen LogP contribution in [0.3, 0.4) is 0 Å². The molecule has 0 saturated carbocycles. The number of rotatable bonds is 2. The van der Waals surface area contributed by atoms with Gasteiger partial charge in [0.2, 0.25) is 0 Å². The van der Waals surface area contributed by atoms with Gasteiger partial charge in [-0.15, -0.1) is 0 Å². The van der Waals surface area contributed by atoms with Gasteiger partial charge in [-0.1, -0.05) is 13.8 Å². The van der Waals surface area contributed by atoms with Crippen LogP contribution in [0, 0.1) is 5.92 Å². The topological polar surface area (TPSA) is 50.1 Å². The summed E-state index contributed by atoms with van der Waals surface area (Å²) in [4.78, 5) is 0. The molecule has 70 valence electrons. The van der Waals surface area contributed by atoms with Crippen LogP contribution in [-0.4, -0.2) is 12.7 Å². The number of nitrogens with one attached hydrogen (secondary N) is 2. The molecular weight excluding hydrogens is 150 g/mol. The minimum atomic E-state index is 0.315. The van der Waals surface area contributed by atoms with Gasteiger partial charge >= 0.3 is 0 Å². The molecule has 0 spiro atoms. The van der Waals surface area contributed by atoms with Crippen molar-refractivity contribution in [1.82, 2.24) is 10.6 Å². The zero-order valence-electron chi connectivity index (χ0n) is 8.15. The predicted molar refractivity (Wildman–Crippen MR) is 51.3 cm³/mol. The molecule has 1 aliphatic heterocycles. The highest BCUT2D eigenvalue weighted by atomic mass is 15.1. The fraction of sp³-hybridized carbons (Fsp3) is 0.778. The largest absolute Gasteiger partial charge is 0.399 e. The first-order valence-corrected chi connectivity index (χ1v) is 4.63. The van der Waals surface area contributed by atoms with Crippen molar-refractivity contribution in [2.45, 2.75) is 33.2 Å². The summed E-state index contributed by atoms with van der Waals surface area (Å²) in [5.74, 6) is 0.551. The predicted octanol–water partition coefficient (Wildman–Crippen LogP) is 0.742. The van der Waals surface area contributed by atoms with E-state index in [0.29, 0.717) is 12.0 Å². The average molecular weight is 169 g/mol. The Balaban J connectivity index is 2.77. The highest BCUT2D eigenvalue weighted by Gasteiger charge is 2.18. The van der Waals surface area contributed by atoms with E-state index < -0.39 is 0 Å². The van der Waals surface area contributed by atoms with Gasteiger partial charge in [-0.2, -0.15) is 0 Å². The Hall–Kier alpha value is -0.700. The van der Waals surface area contributed by atoms with Crippen LogP contribution >= 0.6 is 0 Å². The summed E-state index contributed by atoms with van der Waals surface area (Å²) in [7, 11) is 0. The van der Waals surface area contributed by atoms with E-state index in [4.69, 9.17) is 5.73 Å². The fourth-order valence-corrected chi connectivity index (χ4v) is 1.41. The molecule has 0 fully saturated rings. The summed E-state index contributed by atoms with van der Waals surface area (Å²) < 4.78 is 0. The second kappa shape index (κ2) is 3.81. The molecule has 12 heavy (non-hydrogen) atoms. The Bertz CT molecular complexity index is 186. The summed E-state index contributed by atoms with van der Waals surface area (Å²) in [6, 6.07) is 0.315. The Morgan fingerprint density at radius 2 is 2.33 bits per heavy atom. The van der Waals surface area contributed by atoms with Crippen molar-refractivity contribution in [3.63, 3.8) is 0 Å². The molecule has 0 bridgehead atoms. The zero-order chi connectivity index (χ0) is 9.14. The lowest BCUT2D eigenvalue weighted by atomic mass is 9.99. The summed E-state index contributed by atoms with van der Waals surface area (Å²) in [5.41, 5.74) is 8.15. The molecular formula is C9H19N3. The van der Waals surface area contributed by atoms with E-state index >= 15 is 0 Å². The molecule has 2 unspecified atom stereocenters. The van der Waals surface area contributed by atoms with Crippen molar-refractivity contribution in [3.05, 3.63) is 11.4 Å². The molecule has 1 heterocycles. The van der Waals surface area contributed by atoms with Crippen LogP contribution < -0.4 is 16.4 Å². The van der Waals surface area contributed by atoms with Gasteiger partial charge in [0.15, 0.2) is 0 Å². The maximum atomic E-state index is 5.95. The Kier molecular flexibility index (Phi) is 2.98. The highest BCUT2D eigenvalue weighted by Crippen LogP contribution is 2.16. The third-order valence-electron chi connectivity index (χ3n) is 2.57. The second-order valence-corrected chi connectivity index (χ2v) is 3.46. The van der Waals surface area contributed by atoms with Crippen molar-refractivity contribution >= 4 is 0 Å². The summed E-state index contributed by atoms with van der Waals surface area (Å²) in [5, 5.41) is 6.54. The lowest BCUT2D eigenvalue weighted by Crippen LogP contribution is -2.46. The van der Waals surface area contributed by atoms with Crippen LogP contribution in [0.1, 0.15) is 27.2 Å². The van der Waals surface area contributed by atoms with Gasteiger partial charge in [0.25, 0.3) is 0 Å². The lowest BCUT2D eigenvalue weighted by molar-refractivity contribution is 0.469. The summed E-state index contributed by atoms with van der Waals surface area (Å²) in [6.45, 7) is 7.31. The maximum absolute atomic E-state index is 5.95. The quantitative estimate of drug-likeness (QED) is 0.571. The van der Waals surface area contributed by atoms with Gasteiger partial charge < -0.3 is 11.1 Å². The summed E-state index contributed by atoms with van der Waals surface area (Å²) >= 11 is 0. The van der Waals surface area contributed by atoms with Gasteiger partial charge in [0, 0.05) is 17.4 Å². The Morgan fingerprint density at radius 1 is 1.67 bits per heavy atom. The zero-order valence-corrected chi connectivity index (χ0v) is 8.15. The van der Waals surface area contributed by atoms with Crippen LogP contribution in [0.15, 0.2) is 11.4 Å².